The van der Waals surface area contributed by atoms with Gasteiger partial charge in [-0.1, -0.05) is 44.2 Å². The molecule has 2 aliphatic rings. The number of aliphatic imine (C=N–C) groups is 1. The van der Waals surface area contributed by atoms with E-state index < -0.39 is 0 Å². The predicted octanol–water partition coefficient (Wildman–Crippen LogP) is 2.61. The summed E-state index contributed by atoms with van der Waals surface area (Å²) in [7, 11) is 1.89. The maximum atomic E-state index is 6.01. The second-order valence-electron chi connectivity index (χ2n) is 7.86. The molecule has 3 rings (SSSR count). The first-order chi connectivity index (χ1) is 12.7. The Morgan fingerprint density at radius 2 is 1.92 bits per heavy atom. The van der Waals surface area contributed by atoms with Crippen molar-refractivity contribution in [1.29, 1.82) is 0 Å². The van der Waals surface area contributed by atoms with Crippen LogP contribution in [0, 0.1) is 11.8 Å². The molecule has 0 aliphatic carbocycles. The minimum atomic E-state index is 0.199. The number of benzene rings is 1. The summed E-state index contributed by atoms with van der Waals surface area (Å²) in [6, 6.07) is 10.6. The van der Waals surface area contributed by atoms with E-state index in [4.69, 9.17) is 4.74 Å². The Hall–Kier alpha value is -1.59. The number of piperazine rings is 1. The summed E-state index contributed by atoms with van der Waals surface area (Å²) in [6.07, 6.45) is 1.30. The highest BCUT2D eigenvalue weighted by atomic mass is 16.5. The minimum Gasteiger partial charge on any atom is -0.373 e. The molecular formula is C21H34N4O. The van der Waals surface area contributed by atoms with Crippen LogP contribution in [-0.2, 0) is 4.74 Å². The zero-order valence-electron chi connectivity index (χ0n) is 16.5. The van der Waals surface area contributed by atoms with Crippen molar-refractivity contribution in [3.63, 3.8) is 0 Å². The van der Waals surface area contributed by atoms with Gasteiger partial charge in [0, 0.05) is 58.8 Å². The van der Waals surface area contributed by atoms with Gasteiger partial charge in [-0.05, 0) is 17.9 Å². The van der Waals surface area contributed by atoms with E-state index in [0.29, 0.717) is 5.92 Å². The maximum Gasteiger partial charge on any atom is 0.193 e. The first-order valence-corrected chi connectivity index (χ1v) is 10.0. The second-order valence-corrected chi connectivity index (χ2v) is 7.86. The van der Waals surface area contributed by atoms with E-state index in [0.717, 1.165) is 57.6 Å². The summed E-state index contributed by atoms with van der Waals surface area (Å²) in [5, 5.41) is 3.61. The fourth-order valence-electron chi connectivity index (χ4n) is 4.07. The van der Waals surface area contributed by atoms with Gasteiger partial charge in [-0.3, -0.25) is 9.89 Å². The Labute approximate surface area is 158 Å². The van der Waals surface area contributed by atoms with Gasteiger partial charge in [0.2, 0.25) is 0 Å². The van der Waals surface area contributed by atoms with Crippen LogP contribution < -0.4 is 5.32 Å². The molecule has 0 saturated carbocycles. The van der Waals surface area contributed by atoms with E-state index in [1.165, 1.54) is 12.1 Å². The number of hydrogen-bond donors (Lipinski definition) is 1. The van der Waals surface area contributed by atoms with Gasteiger partial charge in [-0.15, -0.1) is 0 Å². The highest BCUT2D eigenvalue weighted by Crippen LogP contribution is 2.33. The summed E-state index contributed by atoms with van der Waals surface area (Å²) >= 11 is 0. The Balaban J connectivity index is 1.50. The molecule has 0 spiro atoms. The van der Waals surface area contributed by atoms with Crippen molar-refractivity contribution in [2.45, 2.75) is 26.4 Å². The summed E-state index contributed by atoms with van der Waals surface area (Å²) in [4.78, 5) is 9.48. The van der Waals surface area contributed by atoms with Crippen LogP contribution in [-0.4, -0.2) is 68.7 Å². The Morgan fingerprint density at radius 3 is 2.58 bits per heavy atom. The number of rotatable bonds is 5. The van der Waals surface area contributed by atoms with E-state index in [2.05, 4.69) is 64.3 Å². The third kappa shape index (κ3) is 4.98. The summed E-state index contributed by atoms with van der Waals surface area (Å²) in [5.41, 5.74) is 1.29. The predicted molar refractivity (Wildman–Crippen MR) is 107 cm³/mol. The average Bonchev–Trinajstić information content (AvgIpc) is 3.12. The van der Waals surface area contributed by atoms with Crippen molar-refractivity contribution in [2.75, 3.05) is 52.9 Å². The largest absolute Gasteiger partial charge is 0.373 e. The fraction of sp³-hybridized carbons (Fsp3) is 0.667. The molecule has 2 heterocycles. The molecule has 1 N–H and O–H groups in total. The lowest BCUT2D eigenvalue weighted by atomic mass is 9.95. The van der Waals surface area contributed by atoms with Crippen molar-refractivity contribution in [3.05, 3.63) is 35.9 Å². The first kappa shape index (κ1) is 19.2. The normalized spacial score (nSPS) is 25.1. The van der Waals surface area contributed by atoms with Crippen molar-refractivity contribution in [1.82, 2.24) is 15.1 Å². The quantitative estimate of drug-likeness (QED) is 0.649. The van der Waals surface area contributed by atoms with Gasteiger partial charge < -0.3 is 15.0 Å². The van der Waals surface area contributed by atoms with Gasteiger partial charge in [0.05, 0.1) is 6.10 Å². The summed E-state index contributed by atoms with van der Waals surface area (Å²) in [6.45, 7) is 11.9. The molecular weight excluding hydrogens is 324 g/mol. The van der Waals surface area contributed by atoms with Crippen LogP contribution in [0.3, 0.4) is 0 Å². The van der Waals surface area contributed by atoms with E-state index in [1.807, 2.05) is 7.05 Å². The monoisotopic (exact) mass is 358 g/mol. The molecule has 1 aromatic carbocycles. The lowest BCUT2D eigenvalue weighted by molar-refractivity contribution is 0.0911. The van der Waals surface area contributed by atoms with Gasteiger partial charge >= 0.3 is 0 Å². The maximum absolute atomic E-state index is 6.01. The van der Waals surface area contributed by atoms with Gasteiger partial charge in [0.1, 0.15) is 0 Å². The van der Waals surface area contributed by atoms with Crippen LogP contribution in [0.1, 0.15) is 31.9 Å². The number of nitrogens with zero attached hydrogens (tertiary/aromatic N) is 3. The minimum absolute atomic E-state index is 0.199. The second kappa shape index (κ2) is 9.38. The fourth-order valence-corrected chi connectivity index (χ4v) is 4.07. The molecule has 1 aromatic rings. The molecule has 5 nitrogen and oxygen atoms in total. The zero-order valence-corrected chi connectivity index (χ0v) is 16.5. The van der Waals surface area contributed by atoms with Crippen molar-refractivity contribution in [3.8, 4) is 0 Å². The number of guanidine groups is 1. The summed E-state index contributed by atoms with van der Waals surface area (Å²) < 4.78 is 6.01. The van der Waals surface area contributed by atoms with E-state index in [-0.39, 0.29) is 6.10 Å². The lowest BCUT2D eigenvalue weighted by Gasteiger charge is -2.37. The molecule has 5 heteroatoms. The Morgan fingerprint density at radius 1 is 1.19 bits per heavy atom. The molecule has 2 atom stereocenters. The smallest absolute Gasteiger partial charge is 0.193 e. The van der Waals surface area contributed by atoms with Crippen LogP contribution in [0.15, 0.2) is 35.3 Å². The van der Waals surface area contributed by atoms with Crippen LogP contribution in [0.25, 0.3) is 0 Å². The highest BCUT2D eigenvalue weighted by molar-refractivity contribution is 5.80. The number of nitrogens with one attached hydrogen (secondary N) is 1. The highest BCUT2D eigenvalue weighted by Gasteiger charge is 2.30. The van der Waals surface area contributed by atoms with Crippen LogP contribution >= 0.6 is 0 Å². The van der Waals surface area contributed by atoms with E-state index >= 15 is 0 Å². The molecule has 2 fully saturated rings. The third-order valence-electron chi connectivity index (χ3n) is 5.37. The van der Waals surface area contributed by atoms with E-state index in [1.54, 1.807) is 0 Å². The molecule has 0 bridgehead atoms. The van der Waals surface area contributed by atoms with Gasteiger partial charge in [0.25, 0.3) is 0 Å². The molecule has 2 unspecified atom stereocenters. The average molecular weight is 359 g/mol. The molecule has 26 heavy (non-hydrogen) atoms. The van der Waals surface area contributed by atoms with Crippen LogP contribution in [0.2, 0.25) is 0 Å². The standard InChI is InChI=1S/C21H34N4O/c1-17(2)16-24-10-12-25(13-11-24)21(22-3)23-15-19-9-14-26-20(19)18-7-5-4-6-8-18/h4-8,17,19-20H,9-16H2,1-3H3,(H,22,23). The number of ether oxygens (including phenoxy) is 1. The van der Waals surface area contributed by atoms with E-state index in [9.17, 15) is 0 Å². The summed E-state index contributed by atoms with van der Waals surface area (Å²) in [5.74, 6) is 2.26. The van der Waals surface area contributed by atoms with Crippen LogP contribution in [0.5, 0.6) is 0 Å². The van der Waals surface area contributed by atoms with Crippen LogP contribution in [0.4, 0.5) is 0 Å². The third-order valence-corrected chi connectivity index (χ3v) is 5.37. The Bertz CT molecular complexity index is 567. The molecule has 2 saturated heterocycles. The first-order valence-electron chi connectivity index (χ1n) is 10.0. The lowest BCUT2D eigenvalue weighted by Crippen LogP contribution is -2.53. The Kier molecular flexibility index (Phi) is 6.92. The SMILES string of the molecule is CN=C(NCC1CCOC1c1ccccc1)N1CCN(CC(C)C)CC1. The van der Waals surface area contributed by atoms with Crippen molar-refractivity contribution >= 4 is 5.96 Å². The van der Waals surface area contributed by atoms with Crippen molar-refractivity contribution in [2.24, 2.45) is 16.8 Å². The van der Waals surface area contributed by atoms with Gasteiger partial charge in [0.15, 0.2) is 5.96 Å². The molecule has 0 aromatic heterocycles. The number of hydrogen-bond acceptors (Lipinski definition) is 3. The molecule has 2 aliphatic heterocycles. The molecule has 0 radical (unpaired) electrons. The van der Waals surface area contributed by atoms with Crippen molar-refractivity contribution < 1.29 is 4.74 Å². The van der Waals surface area contributed by atoms with Gasteiger partial charge in [-0.25, -0.2) is 0 Å². The molecule has 144 valence electrons. The molecule has 0 amide bonds. The van der Waals surface area contributed by atoms with Gasteiger partial charge in [-0.2, -0.15) is 0 Å². The zero-order chi connectivity index (χ0) is 18.4. The topological polar surface area (TPSA) is 40.1 Å².